The molecule has 0 aliphatic carbocycles. The maximum Gasteiger partial charge on any atom is 0.152 e. The summed E-state index contributed by atoms with van der Waals surface area (Å²) in [5.41, 5.74) is 9.24. The Labute approximate surface area is 195 Å². The molecule has 0 aliphatic rings. The monoisotopic (exact) mass is 459 g/mol. The quantitative estimate of drug-likeness (QED) is 0.163. The Morgan fingerprint density at radius 1 is 1.27 bits per heavy atom. The zero-order valence-electron chi connectivity index (χ0n) is 20.1. The molecule has 1 unspecified atom stereocenters. The SMILES string of the molecule is CC/C=N/OCCCn1c(COCC)nc2c(N)nc3cccnc3c21.CCCNC(C)O. The molecule has 3 rings (SSSR count). The van der Waals surface area contributed by atoms with Crippen molar-refractivity contribution >= 4 is 34.1 Å². The van der Waals surface area contributed by atoms with Gasteiger partial charge in [0, 0.05) is 32.0 Å². The summed E-state index contributed by atoms with van der Waals surface area (Å²) < 4.78 is 7.68. The Morgan fingerprint density at radius 3 is 2.76 bits per heavy atom. The third-order valence-electron chi connectivity index (χ3n) is 4.61. The largest absolute Gasteiger partial charge is 0.396 e. The van der Waals surface area contributed by atoms with E-state index in [9.17, 15) is 0 Å². The van der Waals surface area contributed by atoms with Gasteiger partial charge in [-0.2, -0.15) is 0 Å². The smallest absolute Gasteiger partial charge is 0.152 e. The van der Waals surface area contributed by atoms with Crippen LogP contribution in [0.4, 0.5) is 5.82 Å². The number of nitrogens with zero attached hydrogens (tertiary/aromatic N) is 5. The number of imidazole rings is 1. The Hall–Kier alpha value is -2.82. The maximum absolute atomic E-state index is 8.57. The molecular formula is C23H37N7O3. The van der Waals surface area contributed by atoms with Crippen molar-refractivity contribution < 1.29 is 14.7 Å². The van der Waals surface area contributed by atoms with E-state index in [4.69, 9.17) is 20.4 Å². The standard InChI is InChI=1S/C18H24N6O2.C5H13NO/c1-3-8-21-26-11-6-10-24-14(12-25-4-2)23-16-17(24)15-13(22-18(16)19)7-5-9-20-15;1-3-4-6-5(2)7/h5,7-9H,3-4,6,10-12H2,1-2H3,(H2,19,22);5-7H,3-4H2,1-2H3/b21-8+;. The summed E-state index contributed by atoms with van der Waals surface area (Å²) in [6.45, 7) is 10.9. The van der Waals surface area contributed by atoms with Gasteiger partial charge in [0.1, 0.15) is 41.8 Å². The minimum Gasteiger partial charge on any atom is -0.396 e. The summed E-state index contributed by atoms with van der Waals surface area (Å²) in [7, 11) is 0. The number of ether oxygens (including phenoxy) is 1. The summed E-state index contributed by atoms with van der Waals surface area (Å²) in [6, 6.07) is 3.75. The average Bonchev–Trinajstić information content (AvgIpc) is 3.18. The van der Waals surface area contributed by atoms with Crippen LogP contribution in [0.5, 0.6) is 0 Å². The number of rotatable bonds is 12. The summed E-state index contributed by atoms with van der Waals surface area (Å²) in [5, 5.41) is 15.3. The predicted octanol–water partition coefficient (Wildman–Crippen LogP) is 3.23. The number of nitrogens with one attached hydrogen (secondary N) is 1. The molecule has 0 radical (unpaired) electrons. The number of aliphatic hydroxyl groups excluding tert-OH is 1. The van der Waals surface area contributed by atoms with E-state index in [1.807, 2.05) is 26.0 Å². The molecule has 0 saturated heterocycles. The number of anilines is 1. The first-order valence-corrected chi connectivity index (χ1v) is 11.6. The third kappa shape index (κ3) is 7.92. The van der Waals surface area contributed by atoms with Gasteiger partial charge in [-0.25, -0.2) is 9.97 Å². The number of aliphatic hydroxyl groups is 1. The van der Waals surface area contributed by atoms with Gasteiger partial charge in [0.25, 0.3) is 0 Å². The topological polar surface area (TPSA) is 133 Å². The maximum atomic E-state index is 8.57. The Morgan fingerprint density at radius 2 is 2.09 bits per heavy atom. The van der Waals surface area contributed by atoms with Gasteiger partial charge >= 0.3 is 0 Å². The molecule has 10 nitrogen and oxygen atoms in total. The second-order valence-electron chi connectivity index (χ2n) is 7.40. The first-order chi connectivity index (χ1) is 16.0. The van der Waals surface area contributed by atoms with Crippen molar-refractivity contribution in [1.82, 2.24) is 24.8 Å². The van der Waals surface area contributed by atoms with E-state index < -0.39 is 0 Å². The van der Waals surface area contributed by atoms with Crippen LogP contribution in [-0.4, -0.2) is 56.8 Å². The molecular weight excluding hydrogens is 422 g/mol. The van der Waals surface area contributed by atoms with Crippen molar-refractivity contribution in [2.45, 2.75) is 66.3 Å². The van der Waals surface area contributed by atoms with Gasteiger partial charge in [-0.15, -0.1) is 0 Å². The second kappa shape index (κ2) is 14.4. The van der Waals surface area contributed by atoms with E-state index in [0.717, 1.165) is 48.2 Å². The molecule has 10 heteroatoms. The highest BCUT2D eigenvalue weighted by atomic mass is 16.6. The highest BCUT2D eigenvalue weighted by molar-refractivity contribution is 6.04. The van der Waals surface area contributed by atoms with Gasteiger partial charge in [-0.3, -0.25) is 10.3 Å². The van der Waals surface area contributed by atoms with Crippen LogP contribution >= 0.6 is 0 Å². The highest BCUT2D eigenvalue weighted by Crippen LogP contribution is 2.28. The fourth-order valence-corrected chi connectivity index (χ4v) is 3.13. The van der Waals surface area contributed by atoms with Crippen LogP contribution in [0.3, 0.4) is 0 Å². The van der Waals surface area contributed by atoms with Crippen molar-refractivity contribution in [2.24, 2.45) is 5.16 Å². The summed E-state index contributed by atoms with van der Waals surface area (Å²) in [4.78, 5) is 18.9. The van der Waals surface area contributed by atoms with E-state index in [1.165, 1.54) is 0 Å². The molecule has 4 N–H and O–H groups in total. The summed E-state index contributed by atoms with van der Waals surface area (Å²) in [6.07, 6.45) is 5.86. The fourth-order valence-electron chi connectivity index (χ4n) is 3.13. The molecule has 3 heterocycles. The molecule has 0 fully saturated rings. The molecule has 33 heavy (non-hydrogen) atoms. The van der Waals surface area contributed by atoms with Crippen LogP contribution < -0.4 is 11.1 Å². The van der Waals surface area contributed by atoms with E-state index >= 15 is 0 Å². The molecule has 0 spiro atoms. The van der Waals surface area contributed by atoms with Gasteiger partial charge in [0.15, 0.2) is 5.82 Å². The first-order valence-electron chi connectivity index (χ1n) is 11.6. The van der Waals surface area contributed by atoms with Crippen molar-refractivity contribution in [3.8, 4) is 0 Å². The predicted molar refractivity (Wildman–Crippen MR) is 132 cm³/mol. The number of aryl methyl sites for hydroxylation is 1. The molecule has 3 aromatic heterocycles. The van der Waals surface area contributed by atoms with Crippen LogP contribution in [0.25, 0.3) is 22.1 Å². The van der Waals surface area contributed by atoms with Crippen LogP contribution in [0.15, 0.2) is 23.5 Å². The third-order valence-corrected chi connectivity index (χ3v) is 4.61. The minimum absolute atomic E-state index is 0.347. The van der Waals surface area contributed by atoms with Crippen molar-refractivity contribution in [3.63, 3.8) is 0 Å². The first kappa shape index (κ1) is 26.4. The number of hydrogen-bond acceptors (Lipinski definition) is 9. The minimum atomic E-state index is -0.347. The Bertz CT molecular complexity index is 1000. The van der Waals surface area contributed by atoms with Gasteiger partial charge in [-0.1, -0.05) is 19.0 Å². The average molecular weight is 460 g/mol. The number of oxime groups is 1. The van der Waals surface area contributed by atoms with Gasteiger partial charge in [0.05, 0.1) is 5.52 Å². The van der Waals surface area contributed by atoms with Crippen LogP contribution in [-0.2, 0) is 22.7 Å². The van der Waals surface area contributed by atoms with Gasteiger partial charge in [-0.05, 0) is 45.4 Å². The molecule has 0 bridgehead atoms. The van der Waals surface area contributed by atoms with E-state index in [2.05, 4.69) is 36.9 Å². The molecule has 0 amide bonds. The summed E-state index contributed by atoms with van der Waals surface area (Å²) >= 11 is 0. The van der Waals surface area contributed by atoms with Crippen LogP contribution in [0, 0.1) is 0 Å². The van der Waals surface area contributed by atoms with Crippen LogP contribution in [0.2, 0.25) is 0 Å². The lowest BCUT2D eigenvalue weighted by Crippen LogP contribution is -2.25. The Kier molecular flexibility index (Phi) is 11.5. The number of nitrogens with two attached hydrogens (primary N) is 1. The number of nitrogen functional groups attached to an aromatic ring is 1. The van der Waals surface area contributed by atoms with E-state index in [1.54, 1.807) is 19.3 Å². The van der Waals surface area contributed by atoms with Crippen molar-refractivity contribution in [1.29, 1.82) is 0 Å². The normalized spacial score (nSPS) is 12.3. The van der Waals surface area contributed by atoms with Gasteiger partial charge in [0.2, 0.25) is 0 Å². The zero-order chi connectivity index (χ0) is 24.1. The fraction of sp³-hybridized carbons (Fsp3) is 0.565. The molecule has 0 saturated carbocycles. The second-order valence-corrected chi connectivity index (χ2v) is 7.40. The van der Waals surface area contributed by atoms with E-state index in [0.29, 0.717) is 37.7 Å². The molecule has 0 aliphatic heterocycles. The lowest BCUT2D eigenvalue weighted by molar-refractivity contribution is 0.122. The Balaban J connectivity index is 0.000000479. The molecule has 3 aromatic rings. The molecule has 0 aromatic carbocycles. The lowest BCUT2D eigenvalue weighted by Gasteiger charge is -2.10. The number of hydrogen-bond donors (Lipinski definition) is 3. The van der Waals surface area contributed by atoms with Crippen molar-refractivity contribution in [2.75, 3.05) is 25.5 Å². The number of fused-ring (bicyclic) bond motifs is 3. The summed E-state index contributed by atoms with van der Waals surface area (Å²) in [5.74, 6) is 1.21. The van der Waals surface area contributed by atoms with Crippen LogP contribution in [0.1, 0.15) is 52.8 Å². The molecule has 182 valence electrons. The van der Waals surface area contributed by atoms with Gasteiger partial charge < -0.3 is 25.0 Å². The highest BCUT2D eigenvalue weighted by Gasteiger charge is 2.18. The van der Waals surface area contributed by atoms with E-state index in [-0.39, 0.29) is 6.23 Å². The number of pyridine rings is 2. The zero-order valence-corrected chi connectivity index (χ0v) is 20.1. The number of aromatic nitrogens is 4. The lowest BCUT2D eigenvalue weighted by atomic mass is 10.2. The molecule has 1 atom stereocenters. The van der Waals surface area contributed by atoms with Crippen molar-refractivity contribution in [3.05, 3.63) is 24.2 Å².